The molecular formula is C9H17ClN2O. The zero-order chi connectivity index (χ0) is 9.52. The molecule has 1 amide bonds. The number of likely N-dealkylation sites (tertiary alicyclic amines) is 1. The van der Waals surface area contributed by atoms with Crippen molar-refractivity contribution in [2.75, 3.05) is 26.2 Å². The van der Waals surface area contributed by atoms with Crippen molar-refractivity contribution in [3.05, 3.63) is 0 Å². The van der Waals surface area contributed by atoms with Crippen molar-refractivity contribution < 1.29 is 4.79 Å². The number of hydrogen-bond acceptors (Lipinski definition) is 2. The molecule has 3 nitrogen and oxygen atoms in total. The van der Waals surface area contributed by atoms with Gasteiger partial charge in [0.2, 0.25) is 0 Å². The molecule has 2 heterocycles. The number of halogens is 1. The van der Waals surface area contributed by atoms with Crippen LogP contribution in [0.4, 0.5) is 4.79 Å². The Bertz CT molecular complexity index is 146. The Kier molecular flexibility index (Phi) is 5.16. The van der Waals surface area contributed by atoms with Gasteiger partial charge in [-0.05, 0) is 50.4 Å². The highest BCUT2D eigenvalue weighted by Crippen LogP contribution is 2.08. The summed E-state index contributed by atoms with van der Waals surface area (Å²) in [7, 11) is 0. The molecule has 0 spiro atoms. The predicted molar refractivity (Wildman–Crippen MR) is 54.2 cm³/mol. The summed E-state index contributed by atoms with van der Waals surface area (Å²) in [4.78, 5) is 12.0. The van der Waals surface area contributed by atoms with Crippen LogP contribution >= 0.6 is 11.6 Å². The van der Waals surface area contributed by atoms with Gasteiger partial charge in [0.05, 0.1) is 0 Å². The van der Waals surface area contributed by atoms with Crippen LogP contribution in [0, 0.1) is 0 Å². The van der Waals surface area contributed by atoms with E-state index in [0.717, 1.165) is 25.9 Å². The third-order valence-corrected chi connectivity index (χ3v) is 2.55. The Balaban J connectivity index is 0.000000145. The summed E-state index contributed by atoms with van der Waals surface area (Å²) in [5.74, 6) is 0. The van der Waals surface area contributed by atoms with Crippen molar-refractivity contribution in [1.29, 1.82) is 0 Å². The van der Waals surface area contributed by atoms with Gasteiger partial charge in [0.1, 0.15) is 0 Å². The topological polar surface area (TPSA) is 32.3 Å². The van der Waals surface area contributed by atoms with E-state index in [1.54, 1.807) is 4.90 Å². The van der Waals surface area contributed by atoms with Gasteiger partial charge in [-0.3, -0.25) is 4.79 Å². The van der Waals surface area contributed by atoms with Gasteiger partial charge < -0.3 is 10.2 Å². The quantitative estimate of drug-likeness (QED) is 0.482. The van der Waals surface area contributed by atoms with Crippen LogP contribution in [-0.2, 0) is 0 Å². The number of nitrogens with zero attached hydrogens (tertiary/aromatic N) is 1. The van der Waals surface area contributed by atoms with E-state index in [0.29, 0.717) is 0 Å². The van der Waals surface area contributed by atoms with Gasteiger partial charge in [-0.1, -0.05) is 0 Å². The zero-order valence-electron chi connectivity index (χ0n) is 7.89. The lowest BCUT2D eigenvalue weighted by Crippen LogP contribution is -2.21. The van der Waals surface area contributed by atoms with Crippen LogP contribution < -0.4 is 5.32 Å². The van der Waals surface area contributed by atoms with Crippen LogP contribution in [-0.4, -0.2) is 36.4 Å². The van der Waals surface area contributed by atoms with Crippen LogP contribution in [0.3, 0.4) is 0 Å². The molecule has 0 atom stereocenters. The van der Waals surface area contributed by atoms with E-state index in [1.165, 1.54) is 25.9 Å². The summed E-state index contributed by atoms with van der Waals surface area (Å²) < 4.78 is 0. The zero-order valence-corrected chi connectivity index (χ0v) is 8.65. The van der Waals surface area contributed by atoms with Crippen molar-refractivity contribution in [3.63, 3.8) is 0 Å². The number of nitrogens with one attached hydrogen (secondary N) is 1. The second kappa shape index (κ2) is 6.22. The summed E-state index contributed by atoms with van der Waals surface area (Å²) in [6, 6.07) is 0. The Morgan fingerprint density at radius 2 is 1.62 bits per heavy atom. The predicted octanol–water partition coefficient (Wildman–Crippen LogP) is 1.81. The highest BCUT2D eigenvalue weighted by atomic mass is 35.5. The third kappa shape index (κ3) is 4.48. The van der Waals surface area contributed by atoms with Gasteiger partial charge in [-0.25, -0.2) is 0 Å². The van der Waals surface area contributed by atoms with Crippen LogP contribution in [0.15, 0.2) is 0 Å². The highest BCUT2D eigenvalue weighted by Gasteiger charge is 2.14. The van der Waals surface area contributed by atoms with Gasteiger partial charge >= 0.3 is 5.37 Å². The van der Waals surface area contributed by atoms with Crippen molar-refractivity contribution in [2.24, 2.45) is 0 Å². The molecule has 0 bridgehead atoms. The minimum atomic E-state index is -0.303. The van der Waals surface area contributed by atoms with Crippen molar-refractivity contribution in [2.45, 2.75) is 25.7 Å². The fourth-order valence-electron chi connectivity index (χ4n) is 1.52. The van der Waals surface area contributed by atoms with E-state index < -0.39 is 0 Å². The molecule has 2 aliphatic rings. The van der Waals surface area contributed by atoms with Gasteiger partial charge in [0.25, 0.3) is 0 Å². The van der Waals surface area contributed by atoms with E-state index in [1.807, 2.05) is 0 Å². The monoisotopic (exact) mass is 204 g/mol. The molecule has 0 saturated carbocycles. The molecule has 0 aromatic heterocycles. The Labute approximate surface area is 84.4 Å². The minimum absolute atomic E-state index is 0.303. The van der Waals surface area contributed by atoms with Gasteiger partial charge in [0.15, 0.2) is 0 Å². The van der Waals surface area contributed by atoms with Crippen molar-refractivity contribution in [3.8, 4) is 0 Å². The third-order valence-electron chi connectivity index (χ3n) is 2.31. The van der Waals surface area contributed by atoms with Crippen molar-refractivity contribution in [1.82, 2.24) is 10.2 Å². The summed E-state index contributed by atoms with van der Waals surface area (Å²) in [6.45, 7) is 4.20. The number of rotatable bonds is 0. The maximum atomic E-state index is 10.3. The van der Waals surface area contributed by atoms with Gasteiger partial charge in [0, 0.05) is 13.1 Å². The molecule has 2 rings (SSSR count). The van der Waals surface area contributed by atoms with E-state index >= 15 is 0 Å². The normalized spacial score (nSPS) is 21.2. The summed E-state index contributed by atoms with van der Waals surface area (Å²) >= 11 is 5.17. The lowest BCUT2D eigenvalue weighted by atomic mass is 10.4. The summed E-state index contributed by atoms with van der Waals surface area (Å²) in [6.07, 6.45) is 5.00. The van der Waals surface area contributed by atoms with E-state index in [-0.39, 0.29) is 5.37 Å². The number of amides is 1. The molecule has 0 radical (unpaired) electrons. The smallest absolute Gasteiger partial charge is 0.316 e. The van der Waals surface area contributed by atoms with Gasteiger partial charge in [-0.2, -0.15) is 0 Å². The molecule has 0 unspecified atom stereocenters. The minimum Gasteiger partial charge on any atom is -0.329 e. The second-order valence-corrected chi connectivity index (χ2v) is 3.73. The standard InChI is InChI=1S/C5H8ClNO.C4H9N/c6-5(8)7-3-1-2-4-7;1-2-4-5-3-1/h1-4H2;5H,1-4H2. The van der Waals surface area contributed by atoms with Crippen LogP contribution in [0.5, 0.6) is 0 Å². The van der Waals surface area contributed by atoms with E-state index in [2.05, 4.69) is 5.32 Å². The number of hydrogen-bond donors (Lipinski definition) is 1. The Morgan fingerprint density at radius 1 is 1.08 bits per heavy atom. The largest absolute Gasteiger partial charge is 0.329 e. The molecule has 2 saturated heterocycles. The highest BCUT2D eigenvalue weighted by molar-refractivity contribution is 6.62. The molecule has 2 aliphatic heterocycles. The van der Waals surface area contributed by atoms with Crippen LogP contribution in [0.2, 0.25) is 0 Å². The summed E-state index contributed by atoms with van der Waals surface area (Å²) in [5.41, 5.74) is 0. The molecular weight excluding hydrogens is 188 g/mol. The second-order valence-electron chi connectivity index (χ2n) is 3.40. The molecule has 0 aromatic carbocycles. The number of carbonyl (C=O) groups excluding carboxylic acids is 1. The van der Waals surface area contributed by atoms with Crippen LogP contribution in [0.25, 0.3) is 0 Å². The van der Waals surface area contributed by atoms with Gasteiger partial charge in [-0.15, -0.1) is 0 Å². The maximum absolute atomic E-state index is 10.3. The first kappa shape index (κ1) is 10.8. The maximum Gasteiger partial charge on any atom is 0.316 e. The number of carbonyl (C=O) groups is 1. The average Bonchev–Trinajstić information content (AvgIpc) is 2.82. The first-order valence-corrected chi connectivity index (χ1v) is 5.33. The van der Waals surface area contributed by atoms with Crippen molar-refractivity contribution >= 4 is 17.0 Å². The average molecular weight is 205 g/mol. The fraction of sp³-hybridized carbons (Fsp3) is 0.889. The van der Waals surface area contributed by atoms with E-state index in [9.17, 15) is 4.79 Å². The molecule has 0 aromatic rings. The molecule has 0 aliphatic carbocycles. The first-order chi connectivity index (χ1) is 6.30. The fourth-order valence-corrected chi connectivity index (χ4v) is 1.69. The first-order valence-electron chi connectivity index (χ1n) is 4.96. The molecule has 76 valence electrons. The van der Waals surface area contributed by atoms with E-state index in [4.69, 9.17) is 11.6 Å². The lowest BCUT2D eigenvalue weighted by molar-refractivity contribution is 0.232. The summed E-state index contributed by atoms with van der Waals surface area (Å²) in [5, 5.41) is 2.92. The molecule has 13 heavy (non-hydrogen) atoms. The molecule has 4 heteroatoms. The molecule has 2 fully saturated rings. The Morgan fingerprint density at radius 3 is 1.85 bits per heavy atom. The SMILES string of the molecule is C1CCNC1.O=C(Cl)N1CCCC1. The Hall–Kier alpha value is -0.280. The molecule has 1 N–H and O–H groups in total. The lowest BCUT2D eigenvalue weighted by Gasteiger charge is -2.07. The van der Waals surface area contributed by atoms with Crippen LogP contribution in [0.1, 0.15) is 25.7 Å².